The van der Waals surface area contributed by atoms with Gasteiger partial charge in [-0.15, -0.1) is 0 Å². The molecule has 2 heterocycles. The van der Waals surface area contributed by atoms with Crippen molar-refractivity contribution >= 4 is 0 Å². The fourth-order valence-corrected chi connectivity index (χ4v) is 2.70. The third-order valence-corrected chi connectivity index (χ3v) is 3.85. The van der Waals surface area contributed by atoms with Gasteiger partial charge in [0, 0.05) is 38.1 Å². The molecule has 0 amide bonds. The number of likely N-dealkylation sites (tertiary alicyclic amines) is 1. The zero-order valence-electron chi connectivity index (χ0n) is 11.3. The topological polar surface area (TPSA) is 20.2 Å². The van der Waals surface area contributed by atoms with Gasteiger partial charge in [0.15, 0.2) is 0 Å². The summed E-state index contributed by atoms with van der Waals surface area (Å²) >= 11 is 0. The summed E-state index contributed by atoms with van der Waals surface area (Å²) in [5.74, 6) is 0.752. The van der Waals surface area contributed by atoms with Crippen molar-refractivity contribution in [2.75, 3.05) is 20.1 Å². The van der Waals surface area contributed by atoms with Crippen molar-refractivity contribution in [2.24, 2.45) is 5.92 Å². The molecule has 2 atom stereocenters. The lowest BCUT2D eigenvalue weighted by Gasteiger charge is -2.35. The van der Waals surface area contributed by atoms with Gasteiger partial charge in [0.25, 0.3) is 0 Å². The highest BCUT2D eigenvalue weighted by Gasteiger charge is 2.23. The third-order valence-electron chi connectivity index (χ3n) is 3.85. The molecule has 1 N–H and O–H groups in total. The van der Waals surface area contributed by atoms with Gasteiger partial charge in [0.1, 0.15) is 0 Å². The van der Waals surface area contributed by atoms with Crippen molar-refractivity contribution in [3.63, 3.8) is 0 Å². The number of nitrogens with one attached hydrogen (secondary N) is 1. The highest BCUT2D eigenvalue weighted by atomic mass is 15.1. The Morgan fingerprint density at radius 1 is 1.47 bits per heavy atom. The van der Waals surface area contributed by atoms with E-state index in [0.717, 1.165) is 19.0 Å². The summed E-state index contributed by atoms with van der Waals surface area (Å²) in [5.41, 5.74) is 1.40. The van der Waals surface area contributed by atoms with Crippen LogP contribution in [0.3, 0.4) is 0 Å². The first-order valence-electron chi connectivity index (χ1n) is 6.75. The average molecular weight is 235 g/mol. The number of hydrogen-bond donors (Lipinski definition) is 1. The van der Waals surface area contributed by atoms with Gasteiger partial charge in [0.05, 0.1) is 0 Å². The molecule has 17 heavy (non-hydrogen) atoms. The van der Waals surface area contributed by atoms with E-state index in [2.05, 4.69) is 54.1 Å². The van der Waals surface area contributed by atoms with Crippen LogP contribution < -0.4 is 5.32 Å². The molecule has 1 aliphatic heterocycles. The maximum Gasteiger partial charge on any atom is 0.0223 e. The SMILES string of the molecule is CCn1ccc(CNC2CCN(C)CC2C)c1. The van der Waals surface area contributed by atoms with Gasteiger partial charge in [-0.1, -0.05) is 6.92 Å². The molecule has 0 bridgehead atoms. The minimum atomic E-state index is 0.677. The van der Waals surface area contributed by atoms with E-state index in [9.17, 15) is 0 Å². The predicted octanol–water partition coefficient (Wildman–Crippen LogP) is 1.94. The summed E-state index contributed by atoms with van der Waals surface area (Å²) in [7, 11) is 2.22. The van der Waals surface area contributed by atoms with Crippen LogP contribution in [0.1, 0.15) is 25.8 Å². The van der Waals surface area contributed by atoms with Gasteiger partial charge in [0.2, 0.25) is 0 Å². The number of aromatic nitrogens is 1. The first kappa shape index (κ1) is 12.7. The van der Waals surface area contributed by atoms with E-state index in [1.54, 1.807) is 0 Å². The summed E-state index contributed by atoms with van der Waals surface area (Å²) in [4.78, 5) is 2.43. The highest BCUT2D eigenvalue weighted by Crippen LogP contribution is 2.16. The Labute approximate surface area is 105 Å². The van der Waals surface area contributed by atoms with E-state index in [4.69, 9.17) is 0 Å². The molecule has 0 aromatic carbocycles. The number of rotatable bonds is 4. The Morgan fingerprint density at radius 2 is 2.29 bits per heavy atom. The molecular formula is C14H25N3. The molecule has 1 aromatic heterocycles. The monoisotopic (exact) mass is 235 g/mol. The van der Waals surface area contributed by atoms with Crippen molar-refractivity contribution in [2.45, 2.75) is 39.4 Å². The fraction of sp³-hybridized carbons (Fsp3) is 0.714. The van der Waals surface area contributed by atoms with Crippen LogP contribution in [0.5, 0.6) is 0 Å². The standard InChI is InChI=1S/C14H25N3/c1-4-17-8-5-13(11-17)9-15-14-6-7-16(3)10-12(14)2/h5,8,11-12,14-15H,4,6-7,9-10H2,1-3H3. The molecule has 3 heteroatoms. The molecule has 0 saturated carbocycles. The zero-order chi connectivity index (χ0) is 12.3. The second-order valence-corrected chi connectivity index (χ2v) is 5.37. The first-order chi connectivity index (χ1) is 8.19. The van der Waals surface area contributed by atoms with Crippen molar-refractivity contribution in [1.29, 1.82) is 0 Å². The minimum Gasteiger partial charge on any atom is -0.354 e. The summed E-state index contributed by atoms with van der Waals surface area (Å²) in [6, 6.07) is 2.90. The lowest BCUT2D eigenvalue weighted by molar-refractivity contribution is 0.174. The van der Waals surface area contributed by atoms with Crippen molar-refractivity contribution in [3.05, 3.63) is 24.0 Å². The first-order valence-corrected chi connectivity index (χ1v) is 6.75. The molecule has 1 aromatic rings. The summed E-state index contributed by atoms with van der Waals surface area (Å²) in [6.07, 6.45) is 5.67. The molecule has 3 nitrogen and oxygen atoms in total. The quantitative estimate of drug-likeness (QED) is 0.860. The molecule has 1 aliphatic rings. The molecule has 2 unspecified atom stereocenters. The molecular weight excluding hydrogens is 210 g/mol. The maximum atomic E-state index is 3.71. The molecule has 96 valence electrons. The van der Waals surface area contributed by atoms with E-state index in [-0.39, 0.29) is 0 Å². The normalized spacial score (nSPS) is 26.3. The van der Waals surface area contributed by atoms with E-state index in [1.165, 1.54) is 25.1 Å². The summed E-state index contributed by atoms with van der Waals surface area (Å²) in [6.45, 7) is 9.03. The molecule has 1 saturated heterocycles. The van der Waals surface area contributed by atoms with E-state index in [0.29, 0.717) is 6.04 Å². The molecule has 2 rings (SSSR count). The molecule has 0 radical (unpaired) electrons. The second kappa shape index (κ2) is 5.69. The smallest absolute Gasteiger partial charge is 0.0223 e. The molecule has 1 fully saturated rings. The van der Waals surface area contributed by atoms with Crippen LogP contribution in [0.4, 0.5) is 0 Å². The van der Waals surface area contributed by atoms with Crippen LogP contribution in [-0.2, 0) is 13.1 Å². The van der Waals surface area contributed by atoms with Gasteiger partial charge in [-0.2, -0.15) is 0 Å². The average Bonchev–Trinajstić information content (AvgIpc) is 2.76. The largest absolute Gasteiger partial charge is 0.354 e. The van der Waals surface area contributed by atoms with E-state index >= 15 is 0 Å². The van der Waals surface area contributed by atoms with Crippen LogP contribution in [0.25, 0.3) is 0 Å². The maximum absolute atomic E-state index is 3.71. The van der Waals surface area contributed by atoms with Crippen LogP contribution in [0.15, 0.2) is 18.5 Å². The van der Waals surface area contributed by atoms with Crippen molar-refractivity contribution in [3.8, 4) is 0 Å². The van der Waals surface area contributed by atoms with Gasteiger partial charge in [-0.25, -0.2) is 0 Å². The third kappa shape index (κ3) is 3.33. The van der Waals surface area contributed by atoms with Gasteiger partial charge in [-0.3, -0.25) is 0 Å². The number of piperidine rings is 1. The van der Waals surface area contributed by atoms with Crippen molar-refractivity contribution < 1.29 is 0 Å². The van der Waals surface area contributed by atoms with Crippen molar-refractivity contribution in [1.82, 2.24) is 14.8 Å². The Hall–Kier alpha value is -0.800. The summed E-state index contributed by atoms with van der Waals surface area (Å²) in [5, 5.41) is 3.71. The Morgan fingerprint density at radius 3 is 2.94 bits per heavy atom. The summed E-state index contributed by atoms with van der Waals surface area (Å²) < 4.78 is 2.23. The van der Waals surface area contributed by atoms with Gasteiger partial charge in [-0.05, 0) is 44.5 Å². The number of nitrogens with zero attached hydrogens (tertiary/aromatic N) is 2. The zero-order valence-corrected chi connectivity index (χ0v) is 11.3. The minimum absolute atomic E-state index is 0.677. The second-order valence-electron chi connectivity index (χ2n) is 5.37. The number of hydrogen-bond acceptors (Lipinski definition) is 2. The lowest BCUT2D eigenvalue weighted by atomic mass is 9.94. The van der Waals surface area contributed by atoms with Gasteiger partial charge < -0.3 is 14.8 Å². The van der Waals surface area contributed by atoms with E-state index in [1.807, 2.05) is 0 Å². The Kier molecular flexibility index (Phi) is 4.24. The Balaban J connectivity index is 1.81. The van der Waals surface area contributed by atoms with Crippen LogP contribution >= 0.6 is 0 Å². The van der Waals surface area contributed by atoms with Crippen LogP contribution in [-0.4, -0.2) is 35.6 Å². The number of aryl methyl sites for hydroxylation is 1. The molecule has 0 spiro atoms. The lowest BCUT2D eigenvalue weighted by Crippen LogP contribution is -2.46. The van der Waals surface area contributed by atoms with Gasteiger partial charge >= 0.3 is 0 Å². The highest BCUT2D eigenvalue weighted by molar-refractivity contribution is 5.10. The predicted molar refractivity (Wildman–Crippen MR) is 72.0 cm³/mol. The van der Waals surface area contributed by atoms with Crippen LogP contribution in [0.2, 0.25) is 0 Å². The Bertz CT molecular complexity index is 345. The van der Waals surface area contributed by atoms with Crippen LogP contribution in [0, 0.1) is 5.92 Å². The molecule has 0 aliphatic carbocycles. The fourth-order valence-electron chi connectivity index (χ4n) is 2.70. The van der Waals surface area contributed by atoms with E-state index < -0.39 is 0 Å².